The third-order valence-electron chi connectivity index (χ3n) is 2.25. The monoisotopic (exact) mass is 285 g/mol. The summed E-state index contributed by atoms with van der Waals surface area (Å²) < 4.78 is 4.89. The molecule has 0 saturated carbocycles. The fraction of sp³-hybridized carbons (Fsp3) is 0.333. The second kappa shape index (κ2) is 7.60. The Labute approximate surface area is 116 Å². The number of amides is 2. The zero-order valence-electron chi connectivity index (χ0n) is 10.3. The normalized spacial score (nSPS) is 11.7. The van der Waals surface area contributed by atoms with E-state index in [1.165, 1.54) is 0 Å². The lowest BCUT2D eigenvalue weighted by Gasteiger charge is -2.12. The predicted octanol–water partition coefficient (Wildman–Crippen LogP) is 0.421. The van der Waals surface area contributed by atoms with Crippen molar-refractivity contribution in [1.29, 1.82) is 0 Å². The Morgan fingerprint density at radius 3 is 2.79 bits per heavy atom. The van der Waals surface area contributed by atoms with Crippen LogP contribution in [-0.4, -0.2) is 31.2 Å². The van der Waals surface area contributed by atoms with Gasteiger partial charge in [-0.1, -0.05) is 23.7 Å². The Morgan fingerprint density at radius 2 is 2.16 bits per heavy atom. The van der Waals surface area contributed by atoms with Crippen LogP contribution in [0.25, 0.3) is 0 Å². The molecule has 1 rings (SSSR count). The van der Waals surface area contributed by atoms with Gasteiger partial charge in [0.2, 0.25) is 0 Å². The largest absolute Gasteiger partial charge is 0.463 e. The Balaban J connectivity index is 2.29. The molecule has 5 N–H and O–H groups in total. The van der Waals surface area contributed by atoms with E-state index in [-0.39, 0.29) is 19.2 Å². The van der Waals surface area contributed by atoms with Crippen molar-refractivity contribution >= 4 is 23.6 Å². The van der Waals surface area contributed by atoms with Gasteiger partial charge < -0.3 is 21.5 Å². The minimum atomic E-state index is -0.778. The maximum absolute atomic E-state index is 11.2. The number of urea groups is 1. The van der Waals surface area contributed by atoms with E-state index in [1.807, 2.05) is 12.1 Å². The maximum atomic E-state index is 11.2. The van der Waals surface area contributed by atoms with E-state index in [1.54, 1.807) is 12.1 Å². The van der Waals surface area contributed by atoms with E-state index < -0.39 is 12.0 Å². The van der Waals surface area contributed by atoms with Crippen molar-refractivity contribution in [1.82, 2.24) is 5.32 Å². The molecule has 1 aromatic rings. The second-order valence-electron chi connectivity index (χ2n) is 3.99. The summed E-state index contributed by atoms with van der Waals surface area (Å²) >= 11 is 5.85. The number of hydrogen-bond acceptors (Lipinski definition) is 4. The average Bonchev–Trinajstić information content (AvgIpc) is 2.34. The van der Waals surface area contributed by atoms with Gasteiger partial charge in [-0.2, -0.15) is 0 Å². The standard InChI is InChI=1S/C12H16ClN3O3/c13-9-3-1-2-8(4-9)5-10(14)7-19-11(17)6-16-12(15)18/h1-4,10H,5-7,14H2,(H3,15,16,18). The summed E-state index contributed by atoms with van der Waals surface area (Å²) in [6.07, 6.45) is 0.539. The van der Waals surface area contributed by atoms with Crippen molar-refractivity contribution in [2.45, 2.75) is 12.5 Å². The van der Waals surface area contributed by atoms with Crippen molar-refractivity contribution in [2.24, 2.45) is 11.5 Å². The molecule has 0 aliphatic carbocycles. The average molecular weight is 286 g/mol. The van der Waals surface area contributed by atoms with E-state index in [0.717, 1.165) is 5.56 Å². The Hall–Kier alpha value is -1.79. The van der Waals surface area contributed by atoms with E-state index in [9.17, 15) is 9.59 Å². The van der Waals surface area contributed by atoms with Gasteiger partial charge in [0, 0.05) is 11.1 Å². The lowest BCUT2D eigenvalue weighted by Crippen LogP contribution is -2.37. The minimum absolute atomic E-state index is 0.0613. The van der Waals surface area contributed by atoms with Gasteiger partial charge >= 0.3 is 12.0 Å². The van der Waals surface area contributed by atoms with Crippen LogP contribution in [0.2, 0.25) is 5.02 Å². The fourth-order valence-corrected chi connectivity index (χ4v) is 1.65. The Morgan fingerprint density at radius 1 is 1.42 bits per heavy atom. The van der Waals surface area contributed by atoms with E-state index in [0.29, 0.717) is 11.4 Å². The highest BCUT2D eigenvalue weighted by molar-refractivity contribution is 6.30. The van der Waals surface area contributed by atoms with Crippen LogP contribution in [0.15, 0.2) is 24.3 Å². The van der Waals surface area contributed by atoms with E-state index in [4.69, 9.17) is 27.8 Å². The number of primary amides is 1. The first-order valence-corrected chi connectivity index (χ1v) is 6.04. The first-order chi connectivity index (χ1) is 8.97. The number of nitrogens with one attached hydrogen (secondary N) is 1. The fourth-order valence-electron chi connectivity index (χ4n) is 1.44. The van der Waals surface area contributed by atoms with Gasteiger partial charge in [0.25, 0.3) is 0 Å². The van der Waals surface area contributed by atoms with Crippen LogP contribution < -0.4 is 16.8 Å². The van der Waals surface area contributed by atoms with Gasteiger partial charge in [-0.25, -0.2) is 4.79 Å². The quantitative estimate of drug-likeness (QED) is 0.658. The summed E-state index contributed by atoms with van der Waals surface area (Å²) in [6, 6.07) is 6.18. The summed E-state index contributed by atoms with van der Waals surface area (Å²) in [5, 5.41) is 2.76. The van der Waals surface area contributed by atoms with E-state index >= 15 is 0 Å². The lowest BCUT2D eigenvalue weighted by atomic mass is 10.1. The maximum Gasteiger partial charge on any atom is 0.325 e. The zero-order valence-corrected chi connectivity index (χ0v) is 11.0. The van der Waals surface area contributed by atoms with Gasteiger partial charge in [0.1, 0.15) is 13.2 Å². The molecule has 7 heteroatoms. The number of ether oxygens (including phenoxy) is 1. The molecular weight excluding hydrogens is 270 g/mol. The number of halogens is 1. The van der Waals surface area contributed by atoms with Crippen LogP contribution in [0.4, 0.5) is 4.79 Å². The highest BCUT2D eigenvalue weighted by Crippen LogP contribution is 2.11. The van der Waals surface area contributed by atoms with Gasteiger partial charge in [-0.3, -0.25) is 4.79 Å². The van der Waals surface area contributed by atoms with Gasteiger partial charge in [-0.05, 0) is 24.1 Å². The number of rotatable bonds is 6. The molecule has 0 heterocycles. The summed E-state index contributed by atoms with van der Waals surface area (Å²) in [5.74, 6) is -0.583. The highest BCUT2D eigenvalue weighted by Gasteiger charge is 2.09. The molecule has 0 saturated heterocycles. The van der Waals surface area contributed by atoms with Crippen LogP contribution in [-0.2, 0) is 16.0 Å². The second-order valence-corrected chi connectivity index (χ2v) is 4.43. The van der Waals surface area contributed by atoms with Crippen molar-refractivity contribution < 1.29 is 14.3 Å². The number of carbonyl (C=O) groups is 2. The van der Waals surface area contributed by atoms with Crippen LogP contribution in [0.1, 0.15) is 5.56 Å². The molecule has 6 nitrogen and oxygen atoms in total. The third-order valence-corrected chi connectivity index (χ3v) is 2.49. The molecular formula is C12H16ClN3O3. The van der Waals surface area contributed by atoms with Crippen LogP contribution >= 0.6 is 11.6 Å². The van der Waals surface area contributed by atoms with Gasteiger partial charge in [0.15, 0.2) is 0 Å². The molecule has 0 aliphatic heterocycles. The number of benzene rings is 1. The molecule has 0 fully saturated rings. The van der Waals surface area contributed by atoms with Crippen molar-refractivity contribution in [2.75, 3.05) is 13.2 Å². The SMILES string of the molecule is NC(=O)NCC(=O)OCC(N)Cc1cccc(Cl)c1. The molecule has 2 amide bonds. The predicted molar refractivity (Wildman–Crippen MR) is 71.7 cm³/mol. The van der Waals surface area contributed by atoms with Crippen LogP contribution in [0.5, 0.6) is 0 Å². The molecule has 1 atom stereocenters. The first kappa shape index (κ1) is 15.3. The molecule has 0 bridgehead atoms. The molecule has 0 radical (unpaired) electrons. The number of carbonyl (C=O) groups excluding carboxylic acids is 2. The molecule has 19 heavy (non-hydrogen) atoms. The minimum Gasteiger partial charge on any atom is -0.463 e. The number of hydrogen-bond donors (Lipinski definition) is 3. The summed E-state index contributed by atoms with van der Waals surface area (Å²) in [4.78, 5) is 21.6. The van der Waals surface area contributed by atoms with Crippen molar-refractivity contribution in [3.8, 4) is 0 Å². The molecule has 0 spiro atoms. The smallest absolute Gasteiger partial charge is 0.325 e. The number of nitrogens with two attached hydrogens (primary N) is 2. The van der Waals surface area contributed by atoms with E-state index in [2.05, 4.69) is 5.32 Å². The third kappa shape index (κ3) is 6.64. The topological polar surface area (TPSA) is 107 Å². The highest BCUT2D eigenvalue weighted by atomic mass is 35.5. The Bertz CT molecular complexity index is 454. The molecule has 0 aromatic heterocycles. The number of esters is 1. The molecule has 0 aliphatic rings. The summed E-state index contributed by atoms with van der Waals surface area (Å²) in [5.41, 5.74) is 11.6. The molecule has 1 unspecified atom stereocenters. The molecule has 1 aromatic carbocycles. The Kier molecular flexibility index (Phi) is 6.11. The molecule has 104 valence electrons. The lowest BCUT2D eigenvalue weighted by molar-refractivity contribution is -0.142. The van der Waals surface area contributed by atoms with Crippen molar-refractivity contribution in [3.63, 3.8) is 0 Å². The summed E-state index contributed by atoms with van der Waals surface area (Å²) in [7, 11) is 0. The van der Waals surface area contributed by atoms with Crippen LogP contribution in [0.3, 0.4) is 0 Å². The first-order valence-electron chi connectivity index (χ1n) is 5.66. The van der Waals surface area contributed by atoms with Gasteiger partial charge in [-0.15, -0.1) is 0 Å². The van der Waals surface area contributed by atoms with Crippen LogP contribution in [0, 0.1) is 0 Å². The summed E-state index contributed by atoms with van der Waals surface area (Å²) in [6.45, 7) is -0.203. The zero-order chi connectivity index (χ0) is 14.3. The van der Waals surface area contributed by atoms with Gasteiger partial charge in [0.05, 0.1) is 0 Å². The van der Waals surface area contributed by atoms with Crippen molar-refractivity contribution in [3.05, 3.63) is 34.9 Å².